The van der Waals surface area contributed by atoms with Gasteiger partial charge in [0, 0.05) is 0 Å². The van der Waals surface area contributed by atoms with Crippen molar-refractivity contribution in [3.8, 4) is 0 Å². The topological polar surface area (TPSA) is 0 Å². The zero-order valence-electron chi connectivity index (χ0n) is 20.5. The Bertz CT molecular complexity index is 1320. The van der Waals surface area contributed by atoms with Crippen LogP contribution in [0.1, 0.15) is 12.5 Å². The molecule has 0 amide bonds. The molecule has 0 spiro atoms. The van der Waals surface area contributed by atoms with E-state index in [1.807, 2.05) is 0 Å². The van der Waals surface area contributed by atoms with Gasteiger partial charge in [-0.2, -0.15) is 0 Å². The molecule has 0 atom stereocenters. The Morgan fingerprint density at radius 2 is 0.889 bits per heavy atom. The summed E-state index contributed by atoms with van der Waals surface area (Å²) in [6, 6.07) is 52.9. The van der Waals surface area contributed by atoms with Crippen LogP contribution in [-0.2, 0) is 0 Å². The first-order chi connectivity index (χ1) is 17.8. The lowest BCUT2D eigenvalue weighted by molar-refractivity contribution is 1.43. The third-order valence-corrected chi connectivity index (χ3v) is 11.3. The largest absolute Gasteiger partial charge is 0.0678 e. The Morgan fingerprint density at radius 1 is 0.500 bits per heavy atom. The van der Waals surface area contributed by atoms with Gasteiger partial charge in [-0.3, -0.25) is 0 Å². The first-order valence-electron chi connectivity index (χ1n) is 12.3. The Morgan fingerprint density at radius 3 is 1.36 bits per heavy atom. The minimum atomic E-state index is -0.645. The summed E-state index contributed by atoms with van der Waals surface area (Å²) in [5.41, 5.74) is 2.74. The van der Waals surface area contributed by atoms with Crippen LogP contribution >= 0.6 is 15.8 Å². The number of rotatable bonds is 8. The van der Waals surface area contributed by atoms with Gasteiger partial charge in [0.05, 0.1) is 0 Å². The summed E-state index contributed by atoms with van der Waals surface area (Å²) in [4.78, 5) is 0. The maximum atomic E-state index is 2.43. The molecule has 176 valence electrons. The van der Waals surface area contributed by atoms with E-state index in [1.54, 1.807) is 0 Å². The summed E-state index contributed by atoms with van der Waals surface area (Å²) < 4.78 is 0. The fraction of sp³-hybridized carbons (Fsp3) is 0.0588. The minimum absolute atomic E-state index is 0.462. The van der Waals surface area contributed by atoms with Gasteiger partial charge in [0.15, 0.2) is 0 Å². The van der Waals surface area contributed by atoms with Crippen molar-refractivity contribution >= 4 is 48.4 Å². The fourth-order valence-electron chi connectivity index (χ4n) is 4.50. The Labute approximate surface area is 217 Å². The third kappa shape index (κ3) is 5.91. The lowest BCUT2D eigenvalue weighted by Gasteiger charge is -2.22. The molecule has 5 aromatic carbocycles. The summed E-state index contributed by atoms with van der Waals surface area (Å²) in [5, 5.41) is 7.03. The molecule has 0 saturated carbocycles. The average Bonchev–Trinajstić information content (AvgIpc) is 2.95. The number of hydrogen-bond acceptors (Lipinski definition) is 0. The molecule has 0 nitrogen and oxygen atoms in total. The molecule has 0 radical (unpaired) electrons. The predicted octanol–water partition coefficient (Wildman–Crippen LogP) is 6.98. The molecule has 0 aliphatic heterocycles. The van der Waals surface area contributed by atoms with Crippen LogP contribution in [0.15, 0.2) is 151 Å². The van der Waals surface area contributed by atoms with E-state index >= 15 is 0 Å². The van der Waals surface area contributed by atoms with Gasteiger partial charge >= 0.3 is 0 Å². The van der Waals surface area contributed by atoms with E-state index in [1.165, 1.54) is 37.7 Å². The molecule has 0 heterocycles. The van der Waals surface area contributed by atoms with Gasteiger partial charge in [-0.05, 0) is 61.0 Å². The van der Waals surface area contributed by atoms with Crippen LogP contribution in [-0.4, -0.2) is 6.16 Å². The number of benzene rings is 5. The van der Waals surface area contributed by atoms with Crippen LogP contribution in [0.5, 0.6) is 0 Å². The molecule has 0 unspecified atom stereocenters. The monoisotopic (exact) mass is 500 g/mol. The second-order valence-corrected chi connectivity index (χ2v) is 13.2. The van der Waals surface area contributed by atoms with Crippen molar-refractivity contribution in [3.63, 3.8) is 0 Å². The molecule has 5 rings (SSSR count). The molecule has 0 fully saturated rings. The standard InChI is InChI=1S/C34H30P2/c1-28(27-35(30-17-6-2-7-18-30)31-19-8-3-9-20-31)26-29-16-14-15-25-34(29)36(32-21-10-4-11-22-32)33-23-12-5-13-24-33/h2-26H,27H2,1H3/b28-26+. The van der Waals surface area contributed by atoms with Crippen LogP contribution in [0.4, 0.5) is 0 Å². The van der Waals surface area contributed by atoms with E-state index in [9.17, 15) is 0 Å². The zero-order chi connectivity index (χ0) is 24.6. The average molecular weight is 501 g/mol. The molecule has 0 bridgehead atoms. The van der Waals surface area contributed by atoms with Gasteiger partial charge in [0.2, 0.25) is 0 Å². The summed E-state index contributed by atoms with van der Waals surface area (Å²) >= 11 is 0. The van der Waals surface area contributed by atoms with Crippen molar-refractivity contribution in [2.24, 2.45) is 0 Å². The van der Waals surface area contributed by atoms with Crippen molar-refractivity contribution in [3.05, 3.63) is 157 Å². The highest BCUT2D eigenvalue weighted by atomic mass is 31.1. The summed E-state index contributed by atoms with van der Waals surface area (Å²) in [6.45, 7) is 2.30. The first-order valence-corrected chi connectivity index (χ1v) is 15.2. The lowest BCUT2D eigenvalue weighted by atomic mass is 10.1. The minimum Gasteiger partial charge on any atom is -0.0678 e. The highest BCUT2D eigenvalue weighted by Crippen LogP contribution is 2.37. The van der Waals surface area contributed by atoms with E-state index < -0.39 is 15.8 Å². The summed E-state index contributed by atoms with van der Waals surface area (Å²) in [7, 11) is -1.11. The van der Waals surface area contributed by atoms with Crippen LogP contribution in [0.3, 0.4) is 0 Å². The van der Waals surface area contributed by atoms with Gasteiger partial charge in [0.25, 0.3) is 0 Å². The van der Waals surface area contributed by atoms with E-state index in [4.69, 9.17) is 0 Å². The van der Waals surface area contributed by atoms with Crippen molar-refractivity contribution in [1.82, 2.24) is 0 Å². The molecular formula is C34H30P2. The van der Waals surface area contributed by atoms with E-state index in [0.717, 1.165) is 6.16 Å². The molecule has 0 aliphatic rings. The van der Waals surface area contributed by atoms with Crippen LogP contribution in [0.25, 0.3) is 6.08 Å². The second-order valence-electron chi connectivity index (χ2n) is 8.81. The first kappa shape index (κ1) is 24.4. The zero-order valence-corrected chi connectivity index (χ0v) is 22.3. The molecule has 36 heavy (non-hydrogen) atoms. The van der Waals surface area contributed by atoms with Crippen LogP contribution in [0.2, 0.25) is 0 Å². The molecule has 5 aromatic rings. The van der Waals surface area contributed by atoms with Gasteiger partial charge in [-0.25, -0.2) is 0 Å². The van der Waals surface area contributed by atoms with E-state index in [2.05, 4.69) is 159 Å². The van der Waals surface area contributed by atoms with E-state index in [-0.39, 0.29) is 0 Å². The molecule has 0 aliphatic carbocycles. The quantitative estimate of drug-likeness (QED) is 0.202. The lowest BCUT2D eigenvalue weighted by Crippen LogP contribution is -2.22. The van der Waals surface area contributed by atoms with Gasteiger partial charge in [0.1, 0.15) is 0 Å². The SMILES string of the molecule is C/C(=C\c1ccccc1P(c1ccccc1)c1ccccc1)CP(c1ccccc1)c1ccccc1. The molecule has 0 saturated heterocycles. The Kier molecular flexibility index (Phi) is 8.20. The molecule has 0 N–H and O–H groups in total. The molecule has 0 aromatic heterocycles. The highest BCUT2D eigenvalue weighted by molar-refractivity contribution is 7.80. The van der Waals surface area contributed by atoms with Crippen molar-refractivity contribution in [2.45, 2.75) is 6.92 Å². The van der Waals surface area contributed by atoms with Crippen molar-refractivity contribution in [1.29, 1.82) is 0 Å². The van der Waals surface area contributed by atoms with Gasteiger partial charge < -0.3 is 0 Å². The molecule has 2 heteroatoms. The van der Waals surface area contributed by atoms with Crippen molar-refractivity contribution in [2.75, 3.05) is 6.16 Å². The predicted molar refractivity (Wildman–Crippen MR) is 163 cm³/mol. The van der Waals surface area contributed by atoms with E-state index in [0.29, 0.717) is 0 Å². The smallest absolute Gasteiger partial charge is 0.00333 e. The maximum absolute atomic E-state index is 2.43. The van der Waals surface area contributed by atoms with Crippen LogP contribution < -0.4 is 26.5 Å². The summed E-state index contributed by atoms with van der Waals surface area (Å²) in [6.07, 6.45) is 3.48. The highest BCUT2D eigenvalue weighted by Gasteiger charge is 2.19. The second kappa shape index (κ2) is 12.1. The number of hydrogen-bond donors (Lipinski definition) is 0. The van der Waals surface area contributed by atoms with Gasteiger partial charge in [-0.15, -0.1) is 0 Å². The van der Waals surface area contributed by atoms with Gasteiger partial charge in [-0.1, -0.05) is 157 Å². The third-order valence-electron chi connectivity index (χ3n) is 6.15. The van der Waals surface area contributed by atoms with Crippen molar-refractivity contribution < 1.29 is 0 Å². The maximum Gasteiger partial charge on any atom is -0.00333 e. The number of allylic oxidation sites excluding steroid dienone is 1. The Hall–Kier alpha value is -3.30. The fourth-order valence-corrected chi connectivity index (χ4v) is 9.25. The summed E-state index contributed by atoms with van der Waals surface area (Å²) in [5.74, 6) is 0. The Balaban J connectivity index is 1.54. The van der Waals surface area contributed by atoms with Crippen LogP contribution in [0, 0.1) is 0 Å². The molecular weight excluding hydrogens is 470 g/mol. The normalized spacial score (nSPS) is 11.7.